The molecule has 5 heteroatoms. The molecule has 0 atom stereocenters. The average Bonchev–Trinajstić information content (AvgIpc) is 3.07. The second-order valence-electron chi connectivity index (χ2n) is 7.08. The predicted molar refractivity (Wildman–Crippen MR) is 115 cm³/mol. The van der Waals surface area contributed by atoms with E-state index in [4.69, 9.17) is 21.4 Å². The zero-order chi connectivity index (χ0) is 20.4. The summed E-state index contributed by atoms with van der Waals surface area (Å²) in [7, 11) is 0. The number of carboxylic acid groups (broad SMARTS) is 1. The maximum Gasteiger partial charge on any atom is 0.307 e. The molecule has 0 amide bonds. The normalized spacial score (nSPS) is 11.0. The molecule has 4 rings (SSSR count). The van der Waals surface area contributed by atoms with Gasteiger partial charge < -0.3 is 14.8 Å². The third kappa shape index (κ3) is 4.28. The first kappa shape index (κ1) is 19.1. The zero-order valence-electron chi connectivity index (χ0n) is 15.9. The first-order valence-electron chi connectivity index (χ1n) is 9.32. The average molecular weight is 406 g/mol. The number of aliphatic carboxylic acids is 1. The van der Waals surface area contributed by atoms with Crippen molar-refractivity contribution in [2.45, 2.75) is 19.8 Å². The van der Waals surface area contributed by atoms with Gasteiger partial charge in [0.1, 0.15) is 11.5 Å². The Hall–Kier alpha value is -3.24. The molecule has 0 bridgehead atoms. The number of carbonyl (C=O) groups is 1. The Morgan fingerprint density at radius 3 is 2.59 bits per heavy atom. The Morgan fingerprint density at radius 1 is 1.07 bits per heavy atom. The van der Waals surface area contributed by atoms with Crippen molar-refractivity contribution in [3.8, 4) is 11.5 Å². The number of carboxylic acids is 1. The zero-order valence-corrected chi connectivity index (χ0v) is 16.7. The van der Waals surface area contributed by atoms with Gasteiger partial charge in [0.05, 0.1) is 11.4 Å². The van der Waals surface area contributed by atoms with E-state index in [1.165, 1.54) is 11.1 Å². The summed E-state index contributed by atoms with van der Waals surface area (Å²) >= 11 is 6.38. The van der Waals surface area contributed by atoms with Gasteiger partial charge in [-0.3, -0.25) is 4.79 Å². The van der Waals surface area contributed by atoms with Crippen LogP contribution in [0.3, 0.4) is 0 Å². The third-order valence-electron chi connectivity index (χ3n) is 4.84. The van der Waals surface area contributed by atoms with Gasteiger partial charge in [-0.05, 0) is 59.9 Å². The fourth-order valence-corrected chi connectivity index (χ4v) is 3.84. The molecule has 3 aromatic carbocycles. The maximum absolute atomic E-state index is 11.0. The van der Waals surface area contributed by atoms with Crippen LogP contribution in [-0.2, 0) is 17.6 Å². The Morgan fingerprint density at radius 2 is 1.86 bits per heavy atom. The molecule has 146 valence electrons. The summed E-state index contributed by atoms with van der Waals surface area (Å²) in [4.78, 5) is 14.3. The number of aromatic nitrogens is 1. The highest BCUT2D eigenvalue weighted by molar-refractivity contribution is 6.32. The Bertz CT molecular complexity index is 1160. The molecule has 0 fully saturated rings. The third-order valence-corrected chi connectivity index (χ3v) is 5.12. The number of aromatic amines is 1. The number of rotatable bonds is 6. The lowest BCUT2D eigenvalue weighted by atomic mass is 10.0. The van der Waals surface area contributed by atoms with E-state index in [0.717, 1.165) is 22.9 Å². The summed E-state index contributed by atoms with van der Waals surface area (Å²) in [5, 5.41) is 10.5. The van der Waals surface area contributed by atoms with Crippen LogP contribution in [0, 0.1) is 6.92 Å². The van der Waals surface area contributed by atoms with Crippen LogP contribution in [-0.4, -0.2) is 16.1 Å². The summed E-state index contributed by atoms with van der Waals surface area (Å²) < 4.78 is 6.09. The number of hydrogen-bond donors (Lipinski definition) is 2. The number of H-pyrrole nitrogens is 1. The van der Waals surface area contributed by atoms with Crippen molar-refractivity contribution in [3.05, 3.63) is 94.1 Å². The molecule has 29 heavy (non-hydrogen) atoms. The predicted octanol–water partition coefficient (Wildman–Crippen LogP) is 6.14. The van der Waals surface area contributed by atoms with E-state index in [0.29, 0.717) is 22.1 Å². The van der Waals surface area contributed by atoms with Crippen LogP contribution >= 0.6 is 11.6 Å². The van der Waals surface area contributed by atoms with Crippen molar-refractivity contribution < 1.29 is 14.6 Å². The molecule has 1 aromatic heterocycles. The SMILES string of the molecule is Cc1cc(CC(=O)O)cc(Cl)c1Oc1ccc2[nH]cc(Cc3ccccc3)c2c1. The number of hydrogen-bond acceptors (Lipinski definition) is 2. The lowest BCUT2D eigenvalue weighted by Crippen LogP contribution is -2.01. The van der Waals surface area contributed by atoms with Crippen LogP contribution < -0.4 is 4.74 Å². The molecule has 0 aliphatic rings. The van der Waals surface area contributed by atoms with Crippen molar-refractivity contribution in [3.63, 3.8) is 0 Å². The smallest absolute Gasteiger partial charge is 0.307 e. The van der Waals surface area contributed by atoms with Crippen molar-refractivity contribution in [1.29, 1.82) is 0 Å². The highest BCUT2D eigenvalue weighted by Crippen LogP contribution is 2.35. The highest BCUT2D eigenvalue weighted by atomic mass is 35.5. The molecule has 0 radical (unpaired) electrons. The van der Waals surface area contributed by atoms with Crippen LogP contribution in [0.25, 0.3) is 10.9 Å². The minimum absolute atomic E-state index is 0.0704. The van der Waals surface area contributed by atoms with Gasteiger partial charge in [0.2, 0.25) is 0 Å². The molecular formula is C24H20ClNO3. The van der Waals surface area contributed by atoms with Gasteiger partial charge in [-0.15, -0.1) is 0 Å². The molecule has 0 aliphatic carbocycles. The van der Waals surface area contributed by atoms with Gasteiger partial charge in [0.15, 0.2) is 0 Å². The number of halogens is 1. The fourth-order valence-electron chi connectivity index (χ4n) is 3.51. The van der Waals surface area contributed by atoms with Gasteiger partial charge in [-0.1, -0.05) is 48.0 Å². The summed E-state index contributed by atoms with van der Waals surface area (Å²) in [5.41, 5.74) is 4.93. The van der Waals surface area contributed by atoms with E-state index in [2.05, 4.69) is 17.1 Å². The maximum atomic E-state index is 11.0. The molecular weight excluding hydrogens is 386 g/mol. The topological polar surface area (TPSA) is 62.3 Å². The second-order valence-corrected chi connectivity index (χ2v) is 7.49. The van der Waals surface area contributed by atoms with Gasteiger partial charge in [0, 0.05) is 17.1 Å². The second kappa shape index (κ2) is 8.02. The lowest BCUT2D eigenvalue weighted by Gasteiger charge is -2.12. The molecule has 4 nitrogen and oxygen atoms in total. The van der Waals surface area contributed by atoms with Gasteiger partial charge in [-0.25, -0.2) is 0 Å². The summed E-state index contributed by atoms with van der Waals surface area (Å²) in [6.07, 6.45) is 2.79. The van der Waals surface area contributed by atoms with E-state index in [-0.39, 0.29) is 6.42 Å². The quantitative estimate of drug-likeness (QED) is 0.405. The Kier molecular flexibility index (Phi) is 5.28. The minimum atomic E-state index is -0.891. The van der Waals surface area contributed by atoms with E-state index >= 15 is 0 Å². The standard InChI is InChI=1S/C24H20ClNO3/c1-15-9-17(12-23(27)28)11-21(25)24(15)29-19-7-8-22-20(13-19)18(14-26-22)10-16-5-3-2-4-6-16/h2-9,11,13-14,26H,10,12H2,1H3,(H,27,28). The van der Waals surface area contributed by atoms with E-state index in [1.54, 1.807) is 12.1 Å². The van der Waals surface area contributed by atoms with Crippen LogP contribution in [0.4, 0.5) is 0 Å². The molecule has 1 heterocycles. The summed E-state index contributed by atoms with van der Waals surface area (Å²) in [6, 6.07) is 19.6. The van der Waals surface area contributed by atoms with Crippen LogP contribution in [0.1, 0.15) is 22.3 Å². The molecule has 0 spiro atoms. The van der Waals surface area contributed by atoms with Crippen LogP contribution in [0.15, 0.2) is 66.9 Å². The molecule has 0 saturated carbocycles. The number of nitrogens with one attached hydrogen (secondary N) is 1. The van der Waals surface area contributed by atoms with E-state index in [1.807, 2.05) is 49.5 Å². The summed E-state index contributed by atoms with van der Waals surface area (Å²) in [6.45, 7) is 1.86. The van der Waals surface area contributed by atoms with Gasteiger partial charge in [0.25, 0.3) is 0 Å². The minimum Gasteiger partial charge on any atom is -0.481 e. The van der Waals surface area contributed by atoms with Gasteiger partial charge >= 0.3 is 5.97 Å². The highest BCUT2D eigenvalue weighted by Gasteiger charge is 2.13. The monoisotopic (exact) mass is 405 g/mol. The molecule has 0 saturated heterocycles. The number of benzene rings is 3. The van der Waals surface area contributed by atoms with Crippen molar-refractivity contribution >= 4 is 28.5 Å². The van der Waals surface area contributed by atoms with Crippen LogP contribution in [0.2, 0.25) is 5.02 Å². The first-order valence-corrected chi connectivity index (χ1v) is 9.70. The van der Waals surface area contributed by atoms with Crippen molar-refractivity contribution in [2.24, 2.45) is 0 Å². The molecule has 0 unspecified atom stereocenters. The lowest BCUT2D eigenvalue weighted by molar-refractivity contribution is -0.136. The molecule has 0 aliphatic heterocycles. The van der Waals surface area contributed by atoms with E-state index < -0.39 is 5.97 Å². The Balaban J connectivity index is 1.63. The number of aryl methyl sites for hydroxylation is 1. The molecule has 4 aromatic rings. The van der Waals surface area contributed by atoms with Crippen molar-refractivity contribution in [2.75, 3.05) is 0 Å². The summed E-state index contributed by atoms with van der Waals surface area (Å²) in [5.74, 6) is 0.334. The Labute approximate surface area is 173 Å². The molecule has 2 N–H and O–H groups in total. The largest absolute Gasteiger partial charge is 0.481 e. The first-order chi connectivity index (χ1) is 14.0. The number of fused-ring (bicyclic) bond motifs is 1. The van der Waals surface area contributed by atoms with E-state index in [9.17, 15) is 4.79 Å². The fraction of sp³-hybridized carbons (Fsp3) is 0.125. The van der Waals surface area contributed by atoms with Crippen LogP contribution in [0.5, 0.6) is 11.5 Å². The van der Waals surface area contributed by atoms with Gasteiger partial charge in [-0.2, -0.15) is 0 Å². The number of ether oxygens (including phenoxy) is 1. The van der Waals surface area contributed by atoms with Crippen molar-refractivity contribution in [1.82, 2.24) is 4.98 Å².